The second kappa shape index (κ2) is 29.1. The van der Waals surface area contributed by atoms with Gasteiger partial charge in [0.15, 0.2) is 28.4 Å². The maximum atomic E-state index is 13.4. The van der Waals surface area contributed by atoms with Gasteiger partial charge < -0.3 is 77.9 Å². The number of aliphatic hydroxyl groups is 10. The number of amides is 2. The zero-order valence-electron chi connectivity index (χ0n) is 38.7. The summed E-state index contributed by atoms with van der Waals surface area (Å²) >= 11 is 5.84. The molecule has 0 spiro atoms. The van der Waals surface area contributed by atoms with E-state index in [0.29, 0.717) is 25.8 Å². The molecule has 3 aromatic rings. The lowest BCUT2D eigenvalue weighted by molar-refractivity contribution is -0.152. The van der Waals surface area contributed by atoms with Gasteiger partial charge in [0, 0.05) is 33.1 Å². The summed E-state index contributed by atoms with van der Waals surface area (Å²) in [5.41, 5.74) is 20.9. The fraction of sp³-hybridized carbons (Fsp3) is 0.556. The Balaban J connectivity index is 1.50. The normalized spacial score (nSPS) is 15.9. The van der Waals surface area contributed by atoms with Crippen LogP contribution in [0, 0.1) is 0 Å². The molecule has 3 rings (SSSR count). The number of ether oxygens (including phenoxy) is 1. The molecule has 0 aliphatic heterocycles. The van der Waals surface area contributed by atoms with Gasteiger partial charge in [0.1, 0.15) is 42.7 Å². The minimum Gasteiger partial charge on any atom is -0.467 e. The average molecular weight is 995 g/mol. The first-order valence-corrected chi connectivity index (χ1v) is 22.7. The molecule has 69 heavy (non-hydrogen) atoms. The lowest BCUT2D eigenvalue weighted by Crippen LogP contribution is -2.53. The Labute approximate surface area is 404 Å². The van der Waals surface area contributed by atoms with Crippen LogP contribution in [-0.4, -0.2) is 203 Å². The summed E-state index contributed by atoms with van der Waals surface area (Å²) in [6, 6.07) is 15.0. The van der Waals surface area contributed by atoms with E-state index >= 15 is 0 Å². The van der Waals surface area contributed by atoms with Crippen LogP contribution < -0.4 is 22.5 Å². The number of rotatable bonds is 29. The van der Waals surface area contributed by atoms with Gasteiger partial charge >= 0.3 is 5.97 Å². The number of carbonyl (C=O) groups is 3. The number of nitrogens with zero attached hydrogens (tertiary/aromatic N) is 5. The van der Waals surface area contributed by atoms with Crippen LogP contribution in [0.1, 0.15) is 60.1 Å². The van der Waals surface area contributed by atoms with Crippen molar-refractivity contribution < 1.29 is 70.2 Å². The van der Waals surface area contributed by atoms with E-state index < -0.39 is 93.1 Å². The Morgan fingerprint density at radius 1 is 0.725 bits per heavy atom. The molecule has 0 saturated heterocycles. The van der Waals surface area contributed by atoms with Gasteiger partial charge in [-0.05, 0) is 73.7 Å². The van der Waals surface area contributed by atoms with E-state index in [0.717, 1.165) is 35.1 Å². The molecule has 0 aliphatic rings. The number of hydrogen-bond donors (Lipinski definition) is 14. The highest BCUT2D eigenvalue weighted by atomic mass is 35.5. The van der Waals surface area contributed by atoms with Gasteiger partial charge in [-0.25, -0.2) is 14.8 Å². The van der Waals surface area contributed by atoms with Crippen molar-refractivity contribution in [2.45, 2.75) is 106 Å². The first-order valence-electron chi connectivity index (χ1n) is 22.3. The monoisotopic (exact) mass is 993 g/mol. The largest absolute Gasteiger partial charge is 0.467 e. The van der Waals surface area contributed by atoms with E-state index in [1.165, 1.54) is 24.0 Å². The Hall–Kier alpha value is -5.15. The zero-order valence-corrected chi connectivity index (χ0v) is 39.4. The number of carbonyl (C=O) groups excluding carboxylic acids is 3. The molecule has 384 valence electrons. The van der Waals surface area contributed by atoms with E-state index in [2.05, 4.69) is 20.3 Å². The van der Waals surface area contributed by atoms with Crippen LogP contribution in [0.2, 0.25) is 5.15 Å². The van der Waals surface area contributed by atoms with E-state index in [1.807, 2.05) is 48.5 Å². The van der Waals surface area contributed by atoms with Crippen LogP contribution in [0.3, 0.4) is 0 Å². The third-order valence-corrected chi connectivity index (χ3v) is 11.7. The van der Waals surface area contributed by atoms with E-state index in [-0.39, 0.29) is 60.2 Å². The second-order valence-electron chi connectivity index (χ2n) is 16.6. The van der Waals surface area contributed by atoms with Gasteiger partial charge in [-0.15, -0.1) is 0 Å². The number of aliphatic hydroxyl groups excluding tert-OH is 10. The molecular weight excluding hydrogens is 926 g/mol. The van der Waals surface area contributed by atoms with Crippen LogP contribution in [0.25, 0.3) is 11.1 Å². The standard InChI is InChI=1S/C45H68ClN9O14/c1-54(29(44(68)69-2)8-4-6-20-55(21-30(58)36(63)38(65)32(60)23-56)22-31(59)37(64)39(66)33(61)24-57)34(62)18-13-26-11-16-28(17-12-26)27-14-9-25(10-15-27)7-3-5-19-50-45(49)53-43(67)35-41(47)52-42(48)40(46)51-35/h9-12,14-17,29-33,36-39,56-61,63-66H,3-8,13,18-24H2,1-2H3,(H4,47,48,52)(H3,49,50,53,67)/t29-,30+,31+,32-,33-,36-,37-,38-,39-/m1/s1. The first-order chi connectivity index (χ1) is 32.7. The number of halogens is 1. The maximum absolute atomic E-state index is 13.4. The van der Waals surface area contributed by atoms with Crippen molar-refractivity contribution in [1.29, 1.82) is 0 Å². The van der Waals surface area contributed by atoms with Crippen molar-refractivity contribution in [3.8, 4) is 11.1 Å². The minimum absolute atomic E-state index is 0.0481. The van der Waals surface area contributed by atoms with Gasteiger partial charge in [0.25, 0.3) is 5.91 Å². The summed E-state index contributed by atoms with van der Waals surface area (Å²) in [7, 11) is 2.70. The van der Waals surface area contributed by atoms with Crippen LogP contribution in [0.5, 0.6) is 0 Å². The van der Waals surface area contributed by atoms with Crippen LogP contribution in [-0.2, 0) is 27.2 Å². The molecule has 23 nitrogen and oxygen atoms in total. The van der Waals surface area contributed by atoms with Crippen molar-refractivity contribution in [3.63, 3.8) is 0 Å². The average Bonchev–Trinajstić information content (AvgIpc) is 3.34. The summed E-state index contributed by atoms with van der Waals surface area (Å²) in [6.07, 6.45) is -11.2. The number of nitrogens with two attached hydrogens (primary N) is 3. The van der Waals surface area contributed by atoms with E-state index in [1.54, 1.807) is 0 Å². The van der Waals surface area contributed by atoms with Gasteiger partial charge in [0.2, 0.25) is 5.91 Å². The molecule has 0 bridgehead atoms. The second-order valence-corrected chi connectivity index (χ2v) is 17.0. The van der Waals surface area contributed by atoms with Gasteiger partial charge in [-0.1, -0.05) is 60.1 Å². The molecule has 17 N–H and O–H groups in total. The predicted octanol–water partition coefficient (Wildman–Crippen LogP) is -2.69. The molecule has 0 unspecified atom stereocenters. The number of hydrogen-bond acceptors (Lipinski definition) is 20. The summed E-state index contributed by atoms with van der Waals surface area (Å²) in [6.45, 7) is -2.26. The number of nitrogens with one attached hydrogen (secondary N) is 1. The number of likely N-dealkylation sites (N-methyl/N-ethyl adjacent to an activating group) is 1. The summed E-state index contributed by atoms with van der Waals surface area (Å²) < 4.78 is 4.99. The predicted molar refractivity (Wildman–Crippen MR) is 254 cm³/mol. The number of benzene rings is 2. The fourth-order valence-electron chi connectivity index (χ4n) is 7.20. The third kappa shape index (κ3) is 18.3. The zero-order chi connectivity index (χ0) is 51.4. The highest BCUT2D eigenvalue weighted by Crippen LogP contribution is 2.23. The lowest BCUT2D eigenvalue weighted by atomic mass is 9.99. The lowest BCUT2D eigenvalue weighted by Gasteiger charge is -2.33. The molecule has 1 aromatic heterocycles. The number of guanidine groups is 1. The molecule has 0 aliphatic carbocycles. The van der Waals surface area contributed by atoms with Crippen LogP contribution in [0.15, 0.2) is 53.5 Å². The molecule has 1 heterocycles. The molecule has 0 radical (unpaired) electrons. The Morgan fingerprint density at radius 3 is 1.74 bits per heavy atom. The number of nitrogen functional groups attached to an aromatic ring is 2. The Morgan fingerprint density at radius 2 is 1.23 bits per heavy atom. The van der Waals surface area contributed by atoms with Crippen molar-refractivity contribution in [1.82, 2.24) is 25.1 Å². The Kier molecular flexibility index (Phi) is 24.6. The number of unbranched alkanes of at least 4 members (excludes halogenated alkanes) is 2. The van der Waals surface area contributed by atoms with Crippen LogP contribution in [0.4, 0.5) is 11.6 Å². The maximum Gasteiger partial charge on any atom is 0.328 e. The highest BCUT2D eigenvalue weighted by Gasteiger charge is 2.35. The minimum atomic E-state index is -1.94. The number of esters is 1. The SMILES string of the molecule is COC(=O)[C@@H](CCCCN(C[C@H](O)[C@@H](O)[C@H](O)[C@H](O)CO)C[C@H](O)[C@@H](O)[C@H](O)[C@H](O)CO)N(C)C(=O)CCc1ccc(-c2ccc(CCCCN=C(N)NC(=O)c3nc(Cl)c(N)nc3N)cc2)cc1. The summed E-state index contributed by atoms with van der Waals surface area (Å²) in [5.74, 6) is -2.06. The van der Waals surface area contributed by atoms with Gasteiger partial charge in [0.05, 0.1) is 32.5 Å². The quantitative estimate of drug-likeness (QED) is 0.0146. The van der Waals surface area contributed by atoms with Gasteiger partial charge in [-0.2, -0.15) is 0 Å². The van der Waals surface area contributed by atoms with Crippen LogP contribution >= 0.6 is 11.6 Å². The van der Waals surface area contributed by atoms with E-state index in [9.17, 15) is 55.2 Å². The van der Waals surface area contributed by atoms with Crippen molar-refractivity contribution in [2.75, 3.05) is 65.0 Å². The molecule has 2 aromatic carbocycles. The molecule has 9 atom stereocenters. The van der Waals surface area contributed by atoms with Crippen molar-refractivity contribution in [3.05, 3.63) is 70.5 Å². The summed E-state index contributed by atoms with van der Waals surface area (Å²) in [5, 5.41) is 102. The smallest absolute Gasteiger partial charge is 0.328 e. The van der Waals surface area contributed by atoms with E-state index in [4.69, 9.17) is 43.8 Å². The number of methoxy groups -OCH3 is 1. The third-order valence-electron chi connectivity index (χ3n) is 11.5. The molecular formula is C45H68ClN9O14. The topological polar surface area (TPSA) is 397 Å². The Bertz CT molecular complexity index is 2060. The summed E-state index contributed by atoms with van der Waals surface area (Å²) in [4.78, 5) is 53.1. The molecule has 0 saturated carbocycles. The molecule has 24 heteroatoms. The van der Waals surface area contributed by atoms with Crippen molar-refractivity contribution in [2.24, 2.45) is 10.7 Å². The number of aliphatic imine (C=N–C) groups is 1. The highest BCUT2D eigenvalue weighted by molar-refractivity contribution is 6.31. The molecule has 0 fully saturated rings. The fourth-order valence-corrected chi connectivity index (χ4v) is 7.33. The molecule has 2 amide bonds. The van der Waals surface area contributed by atoms with Crippen molar-refractivity contribution >= 4 is 47.0 Å². The number of anilines is 2. The number of aromatic nitrogens is 2. The first kappa shape index (κ1) is 58.2. The number of aryl methyl sites for hydroxylation is 2. The van der Waals surface area contributed by atoms with Gasteiger partial charge in [-0.3, -0.25) is 24.8 Å².